The van der Waals surface area contributed by atoms with Gasteiger partial charge in [-0.15, -0.1) is 0 Å². The summed E-state index contributed by atoms with van der Waals surface area (Å²) in [5.74, 6) is 0.663. The van der Waals surface area contributed by atoms with Crippen molar-refractivity contribution in [3.63, 3.8) is 0 Å². The number of hydrogen-bond donors (Lipinski definition) is 2. The van der Waals surface area contributed by atoms with Gasteiger partial charge >= 0.3 is 0 Å². The molecule has 1 aromatic carbocycles. The topological polar surface area (TPSA) is 81.4 Å². The zero-order chi connectivity index (χ0) is 13.5. The minimum atomic E-state index is -1.27. The number of rotatable bonds is 6. The molecule has 0 radical (unpaired) electrons. The first-order valence-electron chi connectivity index (χ1n) is 5.67. The van der Waals surface area contributed by atoms with Gasteiger partial charge in [0.2, 0.25) is 5.91 Å². The van der Waals surface area contributed by atoms with E-state index in [9.17, 15) is 9.00 Å². The number of carbonyl (C=O) groups excluding carboxylic acids is 1. The Bertz CT molecular complexity index is 449. The van der Waals surface area contributed by atoms with Gasteiger partial charge in [0, 0.05) is 30.5 Å². The van der Waals surface area contributed by atoms with Gasteiger partial charge in [0.15, 0.2) is 0 Å². The summed E-state index contributed by atoms with van der Waals surface area (Å²) in [6, 6.07) is 4.96. The van der Waals surface area contributed by atoms with Gasteiger partial charge in [0.05, 0.1) is 22.8 Å². The molecule has 1 rings (SSSR count). The van der Waals surface area contributed by atoms with Crippen LogP contribution < -0.4 is 15.8 Å². The summed E-state index contributed by atoms with van der Waals surface area (Å²) in [7, 11) is 0.231. The average molecular weight is 270 g/mol. The van der Waals surface area contributed by atoms with Crippen LogP contribution in [0.5, 0.6) is 5.75 Å². The number of nitrogens with two attached hydrogens (primary N) is 1. The van der Waals surface area contributed by atoms with E-state index in [0.29, 0.717) is 22.9 Å². The van der Waals surface area contributed by atoms with Gasteiger partial charge in [0.25, 0.3) is 0 Å². The molecule has 1 atom stereocenters. The molecule has 5 nitrogen and oxygen atoms in total. The van der Waals surface area contributed by atoms with Crippen molar-refractivity contribution < 1.29 is 13.7 Å². The number of amides is 1. The van der Waals surface area contributed by atoms with Crippen molar-refractivity contribution in [1.29, 1.82) is 0 Å². The van der Waals surface area contributed by atoms with Crippen LogP contribution in [0, 0.1) is 0 Å². The van der Waals surface area contributed by atoms with Crippen LogP contribution in [-0.4, -0.2) is 29.5 Å². The molecule has 0 spiro atoms. The smallest absolute Gasteiger partial charge is 0.220 e. The molecule has 3 N–H and O–H groups in total. The van der Waals surface area contributed by atoms with Gasteiger partial charge in [-0.2, -0.15) is 0 Å². The predicted octanol–water partition coefficient (Wildman–Crippen LogP) is 0.911. The monoisotopic (exact) mass is 270 g/mol. The van der Waals surface area contributed by atoms with Crippen LogP contribution in [0.4, 0.5) is 5.69 Å². The van der Waals surface area contributed by atoms with E-state index < -0.39 is 10.8 Å². The number of carbonyl (C=O) groups is 1. The fourth-order valence-corrected chi connectivity index (χ4v) is 2.63. The summed E-state index contributed by atoms with van der Waals surface area (Å²) in [5.41, 5.74) is 6.17. The SMILES string of the molecule is CCNC(=O)CCS(=O)c1ccc(N)cc1OC. The lowest BCUT2D eigenvalue weighted by Gasteiger charge is -2.09. The molecule has 1 unspecified atom stereocenters. The molecule has 0 bridgehead atoms. The number of ether oxygens (including phenoxy) is 1. The molecule has 0 aromatic heterocycles. The maximum Gasteiger partial charge on any atom is 0.220 e. The molecule has 1 amide bonds. The van der Waals surface area contributed by atoms with E-state index in [-0.39, 0.29) is 18.1 Å². The molecule has 0 heterocycles. The molecule has 0 saturated heterocycles. The molecular formula is C12H18N2O3S. The molecule has 0 aliphatic heterocycles. The van der Waals surface area contributed by atoms with E-state index in [4.69, 9.17) is 10.5 Å². The third-order valence-corrected chi connectivity index (χ3v) is 3.72. The van der Waals surface area contributed by atoms with Crippen molar-refractivity contribution >= 4 is 22.4 Å². The highest BCUT2D eigenvalue weighted by molar-refractivity contribution is 7.85. The third-order valence-electron chi connectivity index (χ3n) is 2.32. The van der Waals surface area contributed by atoms with Gasteiger partial charge in [-0.3, -0.25) is 9.00 Å². The maximum absolute atomic E-state index is 12.1. The Labute approximate surface area is 109 Å². The first-order chi connectivity index (χ1) is 8.58. The molecule has 0 aliphatic rings. The van der Waals surface area contributed by atoms with Gasteiger partial charge < -0.3 is 15.8 Å². The van der Waals surface area contributed by atoms with Crippen molar-refractivity contribution in [3.05, 3.63) is 18.2 Å². The predicted molar refractivity (Wildman–Crippen MR) is 72.0 cm³/mol. The quantitative estimate of drug-likeness (QED) is 0.753. The summed E-state index contributed by atoms with van der Waals surface area (Å²) < 4.78 is 17.2. The second kappa shape index (κ2) is 7.00. The average Bonchev–Trinajstić information content (AvgIpc) is 2.36. The third kappa shape index (κ3) is 4.03. The van der Waals surface area contributed by atoms with E-state index in [0.717, 1.165) is 0 Å². The van der Waals surface area contributed by atoms with E-state index in [1.807, 2.05) is 6.92 Å². The Morgan fingerprint density at radius 2 is 2.22 bits per heavy atom. The van der Waals surface area contributed by atoms with Crippen molar-refractivity contribution in [2.45, 2.75) is 18.2 Å². The van der Waals surface area contributed by atoms with Crippen molar-refractivity contribution in [1.82, 2.24) is 5.32 Å². The summed E-state index contributed by atoms with van der Waals surface area (Å²) in [6.07, 6.45) is 0.230. The van der Waals surface area contributed by atoms with Crippen molar-refractivity contribution in [2.24, 2.45) is 0 Å². The first-order valence-corrected chi connectivity index (χ1v) is 6.99. The van der Waals surface area contributed by atoms with E-state index in [1.165, 1.54) is 7.11 Å². The van der Waals surface area contributed by atoms with Crippen LogP contribution in [-0.2, 0) is 15.6 Å². The van der Waals surface area contributed by atoms with E-state index >= 15 is 0 Å². The number of methoxy groups -OCH3 is 1. The minimum absolute atomic E-state index is 0.0970. The summed E-state index contributed by atoms with van der Waals surface area (Å²) >= 11 is 0. The summed E-state index contributed by atoms with van der Waals surface area (Å²) in [4.78, 5) is 11.9. The van der Waals surface area contributed by atoms with Gasteiger partial charge in [-0.1, -0.05) is 0 Å². The number of anilines is 1. The van der Waals surface area contributed by atoms with Crippen LogP contribution in [0.15, 0.2) is 23.1 Å². The summed E-state index contributed by atoms with van der Waals surface area (Å²) in [6.45, 7) is 2.43. The van der Waals surface area contributed by atoms with E-state index in [1.54, 1.807) is 18.2 Å². The highest BCUT2D eigenvalue weighted by Crippen LogP contribution is 2.25. The van der Waals surface area contributed by atoms with Crippen molar-refractivity contribution in [2.75, 3.05) is 25.1 Å². The summed E-state index contributed by atoms with van der Waals surface area (Å²) in [5, 5.41) is 2.67. The largest absolute Gasteiger partial charge is 0.495 e. The highest BCUT2D eigenvalue weighted by Gasteiger charge is 2.12. The molecule has 100 valence electrons. The van der Waals surface area contributed by atoms with Crippen molar-refractivity contribution in [3.8, 4) is 5.75 Å². The number of nitrogen functional groups attached to an aromatic ring is 1. The zero-order valence-corrected chi connectivity index (χ0v) is 11.4. The van der Waals surface area contributed by atoms with Crippen LogP contribution in [0.3, 0.4) is 0 Å². The second-order valence-corrected chi connectivity index (χ2v) is 5.20. The second-order valence-electron chi connectivity index (χ2n) is 3.66. The molecule has 1 aromatic rings. The van der Waals surface area contributed by atoms with Gasteiger partial charge in [-0.25, -0.2) is 0 Å². The normalized spacial score (nSPS) is 11.9. The first kappa shape index (κ1) is 14.5. The minimum Gasteiger partial charge on any atom is -0.495 e. The van der Waals surface area contributed by atoms with Crippen LogP contribution >= 0.6 is 0 Å². The molecule has 0 aliphatic carbocycles. The van der Waals surface area contributed by atoms with E-state index in [2.05, 4.69) is 5.32 Å². The Balaban J connectivity index is 2.69. The maximum atomic E-state index is 12.1. The lowest BCUT2D eigenvalue weighted by molar-refractivity contribution is -0.120. The fraction of sp³-hybridized carbons (Fsp3) is 0.417. The Hall–Kier alpha value is -1.56. The van der Waals surface area contributed by atoms with Crippen LogP contribution in [0.1, 0.15) is 13.3 Å². The van der Waals surface area contributed by atoms with Crippen LogP contribution in [0.25, 0.3) is 0 Å². The standard InChI is InChI=1S/C12H18N2O3S/c1-3-14-12(15)6-7-18(16)11-5-4-9(13)8-10(11)17-2/h4-5,8H,3,6-7,13H2,1-2H3,(H,14,15). The zero-order valence-electron chi connectivity index (χ0n) is 10.6. The number of benzene rings is 1. The molecule has 6 heteroatoms. The number of hydrogen-bond acceptors (Lipinski definition) is 4. The number of nitrogens with one attached hydrogen (secondary N) is 1. The Kier molecular flexibility index (Phi) is 5.64. The molecule has 18 heavy (non-hydrogen) atoms. The molecule has 0 saturated carbocycles. The Morgan fingerprint density at radius 1 is 1.50 bits per heavy atom. The lowest BCUT2D eigenvalue weighted by atomic mass is 10.3. The van der Waals surface area contributed by atoms with Gasteiger partial charge in [0.1, 0.15) is 5.75 Å². The van der Waals surface area contributed by atoms with Gasteiger partial charge in [-0.05, 0) is 19.1 Å². The Morgan fingerprint density at radius 3 is 2.83 bits per heavy atom. The highest BCUT2D eigenvalue weighted by atomic mass is 32.2. The van der Waals surface area contributed by atoms with Crippen LogP contribution in [0.2, 0.25) is 0 Å². The fourth-order valence-electron chi connectivity index (χ4n) is 1.45. The molecular weight excluding hydrogens is 252 g/mol. The molecule has 0 fully saturated rings. The lowest BCUT2D eigenvalue weighted by Crippen LogP contribution is -2.24.